The standard InChI is InChI=1S/C18H21FN2O2S/c1-14-3-2-4-17(11-14)21-10-9-15(13-21)12-20-24(22,23)18-7-5-16(19)6-8-18/h2-8,11,15,20H,9-10,12-13H2,1H3. The topological polar surface area (TPSA) is 49.4 Å². The van der Waals surface area contributed by atoms with E-state index in [9.17, 15) is 12.8 Å². The number of hydrogen-bond donors (Lipinski definition) is 1. The highest BCUT2D eigenvalue weighted by atomic mass is 32.2. The van der Waals surface area contributed by atoms with Crippen LogP contribution in [0, 0.1) is 18.7 Å². The minimum Gasteiger partial charge on any atom is -0.371 e. The average Bonchev–Trinajstić information content (AvgIpc) is 3.03. The summed E-state index contributed by atoms with van der Waals surface area (Å²) in [6, 6.07) is 13.2. The predicted molar refractivity (Wildman–Crippen MR) is 93.1 cm³/mol. The van der Waals surface area contributed by atoms with E-state index in [4.69, 9.17) is 0 Å². The van der Waals surface area contributed by atoms with Gasteiger partial charge in [-0.3, -0.25) is 0 Å². The van der Waals surface area contributed by atoms with Gasteiger partial charge in [-0.25, -0.2) is 17.5 Å². The zero-order valence-corrected chi connectivity index (χ0v) is 14.4. The number of aryl methyl sites for hydroxylation is 1. The van der Waals surface area contributed by atoms with Gasteiger partial charge in [0.25, 0.3) is 0 Å². The monoisotopic (exact) mass is 348 g/mol. The first-order valence-corrected chi connectivity index (χ1v) is 9.49. The van der Waals surface area contributed by atoms with Gasteiger partial charge in [0.05, 0.1) is 4.90 Å². The number of anilines is 1. The fraction of sp³-hybridized carbons (Fsp3) is 0.333. The van der Waals surface area contributed by atoms with Gasteiger partial charge < -0.3 is 4.90 Å². The first-order chi connectivity index (χ1) is 11.4. The molecule has 1 atom stereocenters. The molecule has 4 nitrogen and oxygen atoms in total. The van der Waals surface area contributed by atoms with Crippen molar-refractivity contribution in [2.75, 3.05) is 24.5 Å². The molecular weight excluding hydrogens is 327 g/mol. The van der Waals surface area contributed by atoms with E-state index in [0.29, 0.717) is 6.54 Å². The molecule has 1 aliphatic rings. The molecule has 0 aliphatic carbocycles. The number of nitrogens with zero attached hydrogens (tertiary/aromatic N) is 1. The van der Waals surface area contributed by atoms with Crippen LogP contribution in [0.1, 0.15) is 12.0 Å². The van der Waals surface area contributed by atoms with Crippen molar-refractivity contribution in [3.8, 4) is 0 Å². The van der Waals surface area contributed by atoms with Crippen molar-refractivity contribution in [3.63, 3.8) is 0 Å². The minimum absolute atomic E-state index is 0.0948. The minimum atomic E-state index is -3.59. The second-order valence-electron chi connectivity index (χ2n) is 6.25. The Hall–Kier alpha value is -1.92. The first kappa shape index (κ1) is 16.9. The fourth-order valence-corrected chi connectivity index (χ4v) is 4.10. The van der Waals surface area contributed by atoms with Gasteiger partial charge >= 0.3 is 0 Å². The summed E-state index contributed by atoms with van der Waals surface area (Å²) in [5.41, 5.74) is 2.40. The Kier molecular flexibility index (Phi) is 4.87. The van der Waals surface area contributed by atoms with Crippen LogP contribution in [0.15, 0.2) is 53.4 Å². The van der Waals surface area contributed by atoms with Crippen molar-refractivity contribution in [2.24, 2.45) is 5.92 Å². The van der Waals surface area contributed by atoms with Crippen LogP contribution in [0.25, 0.3) is 0 Å². The number of halogens is 1. The summed E-state index contributed by atoms with van der Waals surface area (Å²) in [7, 11) is -3.59. The van der Waals surface area contributed by atoms with E-state index in [0.717, 1.165) is 31.6 Å². The second kappa shape index (κ2) is 6.91. The summed E-state index contributed by atoms with van der Waals surface area (Å²) >= 11 is 0. The third-order valence-corrected chi connectivity index (χ3v) is 5.78. The van der Waals surface area contributed by atoms with Crippen LogP contribution in [0.4, 0.5) is 10.1 Å². The summed E-state index contributed by atoms with van der Waals surface area (Å²) < 4.78 is 40.1. The molecule has 6 heteroatoms. The molecule has 1 aliphatic heterocycles. The maximum absolute atomic E-state index is 12.9. The zero-order chi connectivity index (χ0) is 17.2. The van der Waals surface area contributed by atoms with Gasteiger partial charge in [-0.2, -0.15) is 0 Å². The molecule has 1 N–H and O–H groups in total. The smallest absolute Gasteiger partial charge is 0.240 e. The normalized spacial score (nSPS) is 18.1. The lowest BCUT2D eigenvalue weighted by Gasteiger charge is -2.19. The van der Waals surface area contributed by atoms with E-state index in [2.05, 4.69) is 34.7 Å². The molecule has 1 fully saturated rings. The lowest BCUT2D eigenvalue weighted by Crippen LogP contribution is -2.31. The lowest BCUT2D eigenvalue weighted by atomic mass is 10.1. The molecule has 0 amide bonds. The van der Waals surface area contributed by atoms with E-state index >= 15 is 0 Å². The third kappa shape index (κ3) is 3.94. The number of sulfonamides is 1. The van der Waals surface area contributed by atoms with E-state index in [1.807, 2.05) is 6.07 Å². The van der Waals surface area contributed by atoms with Crippen LogP contribution in [0.2, 0.25) is 0 Å². The Morgan fingerprint density at radius 3 is 2.67 bits per heavy atom. The van der Waals surface area contributed by atoms with Crippen LogP contribution < -0.4 is 9.62 Å². The van der Waals surface area contributed by atoms with E-state index < -0.39 is 15.8 Å². The number of benzene rings is 2. The maximum Gasteiger partial charge on any atom is 0.240 e. The largest absolute Gasteiger partial charge is 0.371 e. The molecule has 0 saturated carbocycles. The van der Waals surface area contributed by atoms with Crippen LogP contribution >= 0.6 is 0 Å². The SMILES string of the molecule is Cc1cccc(N2CCC(CNS(=O)(=O)c3ccc(F)cc3)C2)c1. The molecule has 0 bridgehead atoms. The van der Waals surface area contributed by atoms with E-state index in [-0.39, 0.29) is 10.8 Å². The van der Waals surface area contributed by atoms with Crippen molar-refractivity contribution < 1.29 is 12.8 Å². The highest BCUT2D eigenvalue weighted by Gasteiger charge is 2.24. The summed E-state index contributed by atoms with van der Waals surface area (Å²) in [6.07, 6.45) is 0.944. The molecule has 2 aromatic rings. The van der Waals surface area contributed by atoms with E-state index in [1.165, 1.54) is 23.4 Å². The van der Waals surface area contributed by atoms with Crippen molar-refractivity contribution in [2.45, 2.75) is 18.2 Å². The Morgan fingerprint density at radius 2 is 1.96 bits per heavy atom. The summed E-state index contributed by atoms with van der Waals surface area (Å²) in [4.78, 5) is 2.38. The molecule has 0 spiro atoms. The highest BCUT2D eigenvalue weighted by molar-refractivity contribution is 7.89. The molecule has 24 heavy (non-hydrogen) atoms. The van der Waals surface area contributed by atoms with Crippen molar-refractivity contribution >= 4 is 15.7 Å². The first-order valence-electron chi connectivity index (χ1n) is 8.01. The highest BCUT2D eigenvalue weighted by Crippen LogP contribution is 2.24. The van der Waals surface area contributed by atoms with Gasteiger partial charge in [-0.15, -0.1) is 0 Å². The second-order valence-corrected chi connectivity index (χ2v) is 8.01. The van der Waals surface area contributed by atoms with Gasteiger partial charge in [0.2, 0.25) is 10.0 Å². The van der Waals surface area contributed by atoms with Gasteiger partial charge in [0, 0.05) is 25.3 Å². The van der Waals surface area contributed by atoms with Crippen molar-refractivity contribution in [1.82, 2.24) is 4.72 Å². The summed E-state index contributed by atoms with van der Waals surface area (Å²) in [5.74, 6) is -0.181. The van der Waals surface area contributed by atoms with Crippen LogP contribution in [-0.4, -0.2) is 28.1 Å². The lowest BCUT2D eigenvalue weighted by molar-refractivity contribution is 0.541. The third-order valence-electron chi connectivity index (χ3n) is 4.34. The molecule has 1 saturated heterocycles. The van der Waals surface area contributed by atoms with Crippen LogP contribution in [0.3, 0.4) is 0 Å². The molecule has 3 rings (SSSR count). The maximum atomic E-state index is 12.9. The van der Waals surface area contributed by atoms with Gasteiger partial charge in [-0.1, -0.05) is 12.1 Å². The predicted octanol–water partition coefficient (Wildman–Crippen LogP) is 2.94. The Labute approximate surface area is 142 Å². The van der Waals surface area contributed by atoms with Crippen molar-refractivity contribution in [3.05, 3.63) is 59.9 Å². The van der Waals surface area contributed by atoms with E-state index in [1.54, 1.807) is 0 Å². The molecule has 1 heterocycles. The summed E-state index contributed by atoms with van der Waals surface area (Å²) in [5, 5.41) is 0. The van der Waals surface area contributed by atoms with Gasteiger partial charge in [0.15, 0.2) is 0 Å². The summed E-state index contributed by atoms with van der Waals surface area (Å²) in [6.45, 7) is 4.21. The molecule has 0 radical (unpaired) electrons. The molecular formula is C18H21FN2O2S. The quantitative estimate of drug-likeness (QED) is 0.904. The number of nitrogens with one attached hydrogen (secondary N) is 1. The van der Waals surface area contributed by atoms with Gasteiger partial charge in [-0.05, 0) is 61.2 Å². The van der Waals surface area contributed by atoms with Crippen molar-refractivity contribution in [1.29, 1.82) is 0 Å². The Bertz CT molecular complexity index is 806. The zero-order valence-electron chi connectivity index (χ0n) is 13.6. The number of rotatable bonds is 5. The average molecular weight is 348 g/mol. The number of hydrogen-bond acceptors (Lipinski definition) is 3. The molecule has 0 aromatic heterocycles. The molecule has 2 aromatic carbocycles. The van der Waals surface area contributed by atoms with Gasteiger partial charge in [0.1, 0.15) is 5.82 Å². The fourth-order valence-electron chi connectivity index (χ4n) is 2.98. The van der Waals surface area contributed by atoms with Crippen LogP contribution in [-0.2, 0) is 10.0 Å². The molecule has 128 valence electrons. The molecule has 1 unspecified atom stereocenters. The Morgan fingerprint density at radius 1 is 1.21 bits per heavy atom. The van der Waals surface area contributed by atoms with Crippen LogP contribution in [0.5, 0.6) is 0 Å². The Balaban J connectivity index is 1.59.